The van der Waals surface area contributed by atoms with E-state index >= 15 is 0 Å². The van der Waals surface area contributed by atoms with Gasteiger partial charge in [-0.1, -0.05) is 41.9 Å². The maximum absolute atomic E-state index is 13.9. The molecule has 1 fully saturated rings. The van der Waals surface area contributed by atoms with Gasteiger partial charge in [0.15, 0.2) is 11.5 Å². The molecule has 2 aromatic carbocycles. The number of amides is 1. The number of likely N-dealkylation sites (tertiary alicyclic amines) is 1. The van der Waals surface area contributed by atoms with Gasteiger partial charge >= 0.3 is 5.69 Å². The van der Waals surface area contributed by atoms with Crippen molar-refractivity contribution in [2.75, 3.05) is 32.1 Å². The molecule has 2 unspecified atom stereocenters. The van der Waals surface area contributed by atoms with Crippen LogP contribution in [0.25, 0.3) is 33.4 Å². The van der Waals surface area contributed by atoms with Gasteiger partial charge in [0.05, 0.1) is 17.8 Å². The Bertz CT molecular complexity index is 2350. The Morgan fingerprint density at radius 2 is 1.79 bits per heavy atom. The van der Waals surface area contributed by atoms with Crippen molar-refractivity contribution in [2.45, 2.75) is 38.7 Å². The average molecular weight is 731 g/mol. The summed E-state index contributed by atoms with van der Waals surface area (Å²) in [5.41, 5.74) is 4.71. The monoisotopic (exact) mass is 730 g/mol. The van der Waals surface area contributed by atoms with E-state index in [-0.39, 0.29) is 22.9 Å². The fraction of sp³-hybridized carbons (Fsp3) is 0.351. The first-order valence-electron chi connectivity index (χ1n) is 16.9. The number of aromatic nitrogens is 5. The van der Waals surface area contributed by atoms with Gasteiger partial charge in [-0.2, -0.15) is 0 Å². The van der Waals surface area contributed by atoms with Crippen molar-refractivity contribution in [1.82, 2.24) is 34.3 Å². The smallest absolute Gasteiger partial charge is 0.332 e. The first kappa shape index (κ1) is 35.2. The molecule has 2 atom stereocenters. The molecule has 0 bridgehead atoms. The van der Waals surface area contributed by atoms with Gasteiger partial charge in [-0.15, -0.1) is 0 Å². The Labute approximate surface area is 302 Å². The molecule has 4 heterocycles. The summed E-state index contributed by atoms with van der Waals surface area (Å²) in [6.07, 6.45) is 0.541. The van der Waals surface area contributed by atoms with Crippen LogP contribution in [-0.4, -0.2) is 62.1 Å². The van der Waals surface area contributed by atoms with E-state index in [4.69, 9.17) is 21.3 Å². The molecule has 52 heavy (non-hydrogen) atoms. The van der Waals surface area contributed by atoms with E-state index in [1.54, 1.807) is 19.2 Å². The molecule has 3 aromatic heterocycles. The molecule has 7 rings (SSSR count). The van der Waals surface area contributed by atoms with E-state index in [0.29, 0.717) is 45.9 Å². The van der Waals surface area contributed by atoms with Gasteiger partial charge in [0.1, 0.15) is 11.2 Å². The summed E-state index contributed by atoms with van der Waals surface area (Å²) < 4.78 is 35.6. The van der Waals surface area contributed by atoms with Gasteiger partial charge in [-0.25, -0.2) is 28.5 Å². The lowest BCUT2D eigenvalue weighted by molar-refractivity contribution is -0.109. The number of carbonyl (C=O) groups excluding carboxylic acids is 1. The van der Waals surface area contributed by atoms with E-state index in [0.717, 1.165) is 70.2 Å². The highest BCUT2D eigenvalue weighted by Gasteiger charge is 2.36. The van der Waals surface area contributed by atoms with Gasteiger partial charge in [0.2, 0.25) is 12.3 Å². The lowest BCUT2D eigenvalue weighted by atomic mass is 9.96. The van der Waals surface area contributed by atoms with Crippen molar-refractivity contribution in [1.29, 1.82) is 0 Å². The normalized spacial score (nSPS) is 17.2. The van der Waals surface area contributed by atoms with Crippen LogP contribution in [0.4, 0.5) is 20.3 Å². The number of pyridine rings is 1. The van der Waals surface area contributed by atoms with E-state index in [1.807, 2.05) is 31.2 Å². The van der Waals surface area contributed by atoms with E-state index in [9.17, 15) is 23.2 Å². The number of fused-ring (bicyclic) bond motifs is 2. The Hall–Kier alpha value is -5.21. The first-order valence-corrected chi connectivity index (χ1v) is 17.3. The Kier molecular flexibility index (Phi) is 9.53. The van der Waals surface area contributed by atoms with Crippen molar-refractivity contribution in [3.05, 3.63) is 90.8 Å². The fourth-order valence-corrected chi connectivity index (χ4v) is 7.88. The number of aryl methyl sites for hydroxylation is 2. The Morgan fingerprint density at radius 3 is 2.54 bits per heavy atom. The molecule has 1 aliphatic carbocycles. The topological polar surface area (TPSA) is 136 Å². The van der Waals surface area contributed by atoms with Crippen molar-refractivity contribution in [3.8, 4) is 28.3 Å². The SMILES string of the molecule is COc1nc(-c2cccc(-c3cccc(Nc4nc(C(F)F)nc5c4c(=O)n(C)c(=O)n5C)c3C)c2Cl)cc2c1C(N1CCC(CNC=O)C1)CC2. The molecule has 2 aliphatic rings. The molecular formula is C37H37ClF2N8O4. The van der Waals surface area contributed by atoms with Crippen molar-refractivity contribution in [3.63, 3.8) is 0 Å². The van der Waals surface area contributed by atoms with E-state index in [2.05, 4.69) is 31.6 Å². The number of halogens is 3. The van der Waals surface area contributed by atoms with E-state index < -0.39 is 23.5 Å². The van der Waals surface area contributed by atoms with Crippen LogP contribution in [0.5, 0.6) is 5.88 Å². The van der Waals surface area contributed by atoms with Crippen molar-refractivity contribution in [2.24, 2.45) is 20.0 Å². The number of hydrogen-bond donors (Lipinski definition) is 2. The maximum Gasteiger partial charge on any atom is 0.332 e. The predicted octanol–water partition coefficient (Wildman–Crippen LogP) is 5.46. The van der Waals surface area contributed by atoms with Crippen molar-refractivity contribution < 1.29 is 18.3 Å². The average Bonchev–Trinajstić information content (AvgIpc) is 3.80. The van der Waals surface area contributed by atoms with Gasteiger partial charge in [0, 0.05) is 55.6 Å². The summed E-state index contributed by atoms with van der Waals surface area (Å²) in [6.45, 7) is 4.35. The van der Waals surface area contributed by atoms with Gasteiger partial charge < -0.3 is 15.4 Å². The Balaban J connectivity index is 1.25. The highest BCUT2D eigenvalue weighted by molar-refractivity contribution is 6.36. The number of benzene rings is 2. The van der Waals surface area contributed by atoms with Crippen LogP contribution in [0.15, 0.2) is 52.1 Å². The second-order valence-electron chi connectivity index (χ2n) is 13.2. The highest BCUT2D eigenvalue weighted by Crippen LogP contribution is 2.46. The molecular weight excluding hydrogens is 694 g/mol. The molecule has 15 heteroatoms. The standard InChI is InChI=1S/C37H37ClF2N8O4/c1-19-22(7-6-10-25(19)42-32-29-34(45-33(44-32)31(39)40)46(2)37(51)47(3)36(29)50)23-8-5-9-24(30(23)38)26-15-21-11-12-27(28(21)35(43-26)52-4)48-14-13-20(17-48)16-41-18-49/h5-10,15,18,20,27,31H,11-14,16-17H2,1-4H3,(H,41,49)(H,42,44,45). The van der Waals surface area contributed by atoms with Crippen LogP contribution in [0.3, 0.4) is 0 Å². The molecule has 0 saturated carbocycles. The number of carbonyl (C=O) groups is 1. The largest absolute Gasteiger partial charge is 0.481 e. The molecule has 2 N–H and O–H groups in total. The molecule has 1 amide bonds. The predicted molar refractivity (Wildman–Crippen MR) is 194 cm³/mol. The zero-order valence-electron chi connectivity index (χ0n) is 29.0. The van der Waals surface area contributed by atoms with Crippen LogP contribution in [0, 0.1) is 12.8 Å². The number of nitrogens with zero attached hydrogens (tertiary/aromatic N) is 6. The first-order chi connectivity index (χ1) is 25.0. The number of methoxy groups -OCH3 is 1. The van der Waals surface area contributed by atoms with Crippen LogP contribution in [0.2, 0.25) is 5.02 Å². The number of ether oxygens (including phenoxy) is 1. The highest BCUT2D eigenvalue weighted by atomic mass is 35.5. The summed E-state index contributed by atoms with van der Waals surface area (Å²) in [7, 11) is 4.29. The third kappa shape index (κ3) is 6.09. The summed E-state index contributed by atoms with van der Waals surface area (Å²) >= 11 is 7.18. The molecule has 270 valence electrons. The van der Waals surface area contributed by atoms with Gasteiger partial charge in [-0.3, -0.25) is 23.6 Å². The molecule has 1 saturated heterocycles. The van der Waals surface area contributed by atoms with Crippen LogP contribution < -0.4 is 26.6 Å². The van der Waals surface area contributed by atoms with Gasteiger partial charge in [-0.05, 0) is 67.5 Å². The number of rotatable bonds is 10. The summed E-state index contributed by atoms with van der Waals surface area (Å²) in [5.74, 6) is 0.00993. The van der Waals surface area contributed by atoms with Crippen LogP contribution >= 0.6 is 11.6 Å². The minimum atomic E-state index is -3.04. The molecule has 1 aliphatic heterocycles. The molecule has 5 aromatic rings. The fourth-order valence-electron chi connectivity index (χ4n) is 7.56. The maximum atomic E-state index is 13.9. The second kappa shape index (κ2) is 14.1. The quantitative estimate of drug-likeness (QED) is 0.180. The third-order valence-electron chi connectivity index (χ3n) is 10.2. The van der Waals surface area contributed by atoms with Gasteiger partial charge in [0.25, 0.3) is 12.0 Å². The zero-order chi connectivity index (χ0) is 36.8. The third-order valence-corrected chi connectivity index (χ3v) is 10.6. The minimum absolute atomic E-state index is 0.0999. The molecule has 0 spiro atoms. The van der Waals surface area contributed by atoms with E-state index in [1.165, 1.54) is 14.1 Å². The zero-order valence-corrected chi connectivity index (χ0v) is 29.8. The summed E-state index contributed by atoms with van der Waals surface area (Å²) in [6, 6.07) is 13.4. The van der Waals surface area contributed by atoms with Crippen LogP contribution in [0.1, 0.15) is 47.8 Å². The number of hydrogen-bond acceptors (Lipinski definition) is 9. The molecule has 12 nitrogen and oxygen atoms in total. The van der Waals surface area contributed by atoms with Crippen molar-refractivity contribution >= 4 is 40.5 Å². The summed E-state index contributed by atoms with van der Waals surface area (Å²) in [5, 5.41) is 6.26. The Morgan fingerprint density at radius 1 is 1.04 bits per heavy atom. The lowest BCUT2D eigenvalue weighted by Crippen LogP contribution is -2.38. The number of alkyl halides is 2. The summed E-state index contributed by atoms with van der Waals surface area (Å²) in [4.78, 5) is 51.9. The molecule has 0 radical (unpaired) electrons. The number of nitrogens with one attached hydrogen (secondary N) is 2. The lowest BCUT2D eigenvalue weighted by Gasteiger charge is -2.26. The van der Waals surface area contributed by atoms with Crippen LogP contribution in [-0.2, 0) is 25.3 Å². The second-order valence-corrected chi connectivity index (χ2v) is 13.6. The minimum Gasteiger partial charge on any atom is -0.481 e. The number of anilines is 2.